The zero-order valence-electron chi connectivity index (χ0n) is 19.2. The molecule has 0 amide bonds. The van der Waals surface area contributed by atoms with Crippen LogP contribution in [0.5, 0.6) is 0 Å². The van der Waals surface area contributed by atoms with Gasteiger partial charge in [-0.05, 0) is 6.07 Å². The molecule has 1 fully saturated rings. The van der Waals surface area contributed by atoms with Crippen molar-refractivity contribution in [3.8, 4) is 23.4 Å². The van der Waals surface area contributed by atoms with Crippen LogP contribution in [0.4, 0.5) is 16.3 Å². The molecule has 0 saturated carbocycles. The first-order chi connectivity index (χ1) is 17.8. The van der Waals surface area contributed by atoms with Gasteiger partial charge in [0.05, 0.1) is 36.6 Å². The SMILES string of the molecule is FCCOC[C@H]1CN(c2ncc(C#Cc3cnc(-c4cnco4)nc3)cn2)CCN1c1ncccn1. The average Bonchev–Trinajstić information content (AvgIpc) is 3.48. The zero-order valence-corrected chi connectivity index (χ0v) is 19.2. The number of oxazole rings is 1. The van der Waals surface area contributed by atoms with Crippen molar-refractivity contribution >= 4 is 11.9 Å². The van der Waals surface area contributed by atoms with Gasteiger partial charge in [-0.2, -0.15) is 0 Å². The Balaban J connectivity index is 1.24. The van der Waals surface area contributed by atoms with Gasteiger partial charge in [0.15, 0.2) is 18.0 Å². The lowest BCUT2D eigenvalue weighted by atomic mass is 10.2. The van der Waals surface area contributed by atoms with Crippen molar-refractivity contribution in [1.29, 1.82) is 0 Å². The Labute approximate surface area is 206 Å². The number of alkyl halides is 1. The molecule has 1 saturated heterocycles. The Bertz CT molecular complexity index is 1290. The number of hydrogen-bond acceptors (Lipinski definition) is 11. The molecule has 0 unspecified atom stereocenters. The summed E-state index contributed by atoms with van der Waals surface area (Å²) in [5.74, 6) is 8.18. The minimum Gasteiger partial charge on any atom is -0.440 e. The van der Waals surface area contributed by atoms with Gasteiger partial charge in [-0.15, -0.1) is 0 Å². The largest absolute Gasteiger partial charge is 0.440 e. The Morgan fingerprint density at radius 1 is 0.917 bits per heavy atom. The molecule has 5 heterocycles. The van der Waals surface area contributed by atoms with Crippen LogP contribution in [0.2, 0.25) is 0 Å². The van der Waals surface area contributed by atoms with E-state index in [0.717, 1.165) is 0 Å². The summed E-state index contributed by atoms with van der Waals surface area (Å²) in [5, 5.41) is 0. The molecule has 4 aromatic heterocycles. The summed E-state index contributed by atoms with van der Waals surface area (Å²) in [6, 6.07) is 1.70. The van der Waals surface area contributed by atoms with Crippen LogP contribution in [-0.2, 0) is 4.74 Å². The first kappa shape index (κ1) is 23.3. The second kappa shape index (κ2) is 11.3. The van der Waals surface area contributed by atoms with Gasteiger partial charge >= 0.3 is 0 Å². The Morgan fingerprint density at radius 2 is 1.64 bits per heavy atom. The van der Waals surface area contributed by atoms with Crippen LogP contribution in [0.3, 0.4) is 0 Å². The number of aromatic nitrogens is 7. The van der Waals surface area contributed by atoms with E-state index < -0.39 is 6.67 Å². The van der Waals surface area contributed by atoms with E-state index in [1.54, 1.807) is 49.4 Å². The van der Waals surface area contributed by atoms with E-state index in [2.05, 4.69) is 56.5 Å². The van der Waals surface area contributed by atoms with Crippen LogP contribution in [0.1, 0.15) is 11.1 Å². The number of anilines is 2. The van der Waals surface area contributed by atoms with E-state index in [0.29, 0.717) is 60.8 Å². The smallest absolute Gasteiger partial charge is 0.225 e. The van der Waals surface area contributed by atoms with Crippen molar-refractivity contribution in [2.45, 2.75) is 6.04 Å². The van der Waals surface area contributed by atoms with Crippen molar-refractivity contribution in [1.82, 2.24) is 34.9 Å². The summed E-state index contributed by atoms with van der Waals surface area (Å²) < 4.78 is 23.3. The maximum absolute atomic E-state index is 12.6. The molecule has 12 heteroatoms. The summed E-state index contributed by atoms with van der Waals surface area (Å²) >= 11 is 0. The predicted molar refractivity (Wildman–Crippen MR) is 128 cm³/mol. The second-order valence-corrected chi connectivity index (χ2v) is 7.79. The molecule has 0 aliphatic carbocycles. The standard InChI is InChI=1S/C24H22FN9O2/c25-4-9-35-16-20-15-33(7-8-34(20)24-27-5-1-6-28-24)23-31-12-19(13-32-23)3-2-18-10-29-22(30-11-18)21-14-26-17-36-21/h1,5-6,10-14,17,20H,4,7-9,15-16H2/t20-/m1/s1. The lowest BCUT2D eigenvalue weighted by Gasteiger charge is -2.41. The van der Waals surface area contributed by atoms with Crippen LogP contribution in [-0.4, -0.2) is 80.5 Å². The molecule has 0 aromatic carbocycles. The maximum Gasteiger partial charge on any atom is 0.225 e. The molecule has 36 heavy (non-hydrogen) atoms. The van der Waals surface area contributed by atoms with E-state index in [-0.39, 0.29) is 12.6 Å². The van der Waals surface area contributed by atoms with Gasteiger partial charge in [0.25, 0.3) is 0 Å². The van der Waals surface area contributed by atoms with Crippen molar-refractivity contribution in [3.63, 3.8) is 0 Å². The van der Waals surface area contributed by atoms with Gasteiger partial charge < -0.3 is 19.0 Å². The van der Waals surface area contributed by atoms with E-state index in [1.807, 2.05) is 0 Å². The summed E-state index contributed by atoms with van der Waals surface area (Å²) in [7, 11) is 0. The molecule has 1 atom stereocenters. The van der Waals surface area contributed by atoms with E-state index in [9.17, 15) is 4.39 Å². The van der Waals surface area contributed by atoms with Crippen LogP contribution < -0.4 is 9.80 Å². The number of halogens is 1. The molecule has 1 aliphatic rings. The quantitative estimate of drug-likeness (QED) is 0.280. The van der Waals surface area contributed by atoms with Crippen LogP contribution in [0, 0.1) is 11.8 Å². The Kier molecular flexibility index (Phi) is 7.29. The van der Waals surface area contributed by atoms with E-state index >= 15 is 0 Å². The minimum atomic E-state index is -0.526. The van der Waals surface area contributed by atoms with Gasteiger partial charge in [0, 0.05) is 56.8 Å². The fourth-order valence-corrected chi connectivity index (χ4v) is 3.70. The molecule has 0 bridgehead atoms. The Morgan fingerprint density at radius 3 is 2.31 bits per heavy atom. The van der Waals surface area contributed by atoms with Gasteiger partial charge in [-0.25, -0.2) is 39.3 Å². The number of nitrogens with zero attached hydrogens (tertiary/aromatic N) is 9. The Hall–Kier alpha value is -4.50. The molecule has 0 radical (unpaired) electrons. The van der Waals surface area contributed by atoms with Gasteiger partial charge in [-0.3, -0.25) is 0 Å². The molecule has 0 N–H and O–H groups in total. The molecule has 5 rings (SSSR count). The normalized spacial score (nSPS) is 15.4. The molecule has 182 valence electrons. The van der Waals surface area contributed by atoms with E-state index in [4.69, 9.17) is 9.15 Å². The third-order valence-corrected chi connectivity index (χ3v) is 5.40. The highest BCUT2D eigenvalue weighted by molar-refractivity contribution is 5.47. The molecule has 1 aliphatic heterocycles. The van der Waals surface area contributed by atoms with Crippen LogP contribution >= 0.6 is 0 Å². The molecular formula is C24H22FN9O2. The van der Waals surface area contributed by atoms with Gasteiger partial charge in [0.2, 0.25) is 11.9 Å². The fraction of sp³-hybridized carbons (Fsp3) is 0.292. The number of hydrogen-bond donors (Lipinski definition) is 0. The predicted octanol–water partition coefficient (Wildman–Crippen LogP) is 1.79. The summed E-state index contributed by atoms with van der Waals surface area (Å²) in [6.07, 6.45) is 12.9. The topological polar surface area (TPSA) is 119 Å². The fourth-order valence-electron chi connectivity index (χ4n) is 3.70. The molecule has 0 spiro atoms. The molecule has 11 nitrogen and oxygen atoms in total. The highest BCUT2D eigenvalue weighted by Gasteiger charge is 2.30. The lowest BCUT2D eigenvalue weighted by molar-refractivity contribution is 0.104. The first-order valence-electron chi connectivity index (χ1n) is 11.3. The number of piperazine rings is 1. The summed E-state index contributed by atoms with van der Waals surface area (Å²) in [5.41, 5.74) is 1.31. The van der Waals surface area contributed by atoms with Crippen molar-refractivity contribution in [2.75, 3.05) is 49.3 Å². The van der Waals surface area contributed by atoms with Crippen LogP contribution in [0.15, 0.2) is 60.3 Å². The molecule has 4 aromatic rings. The summed E-state index contributed by atoms with van der Waals surface area (Å²) in [6.45, 7) is 1.80. The highest BCUT2D eigenvalue weighted by atomic mass is 19.1. The monoisotopic (exact) mass is 487 g/mol. The van der Waals surface area contributed by atoms with Gasteiger partial charge in [-0.1, -0.05) is 11.8 Å². The van der Waals surface area contributed by atoms with E-state index in [1.165, 1.54) is 6.39 Å². The average molecular weight is 487 g/mol. The highest BCUT2D eigenvalue weighted by Crippen LogP contribution is 2.19. The maximum atomic E-state index is 12.6. The van der Waals surface area contributed by atoms with Crippen LogP contribution in [0.25, 0.3) is 11.6 Å². The lowest BCUT2D eigenvalue weighted by Crippen LogP contribution is -2.56. The van der Waals surface area contributed by atoms with Crippen molar-refractivity contribution in [2.24, 2.45) is 0 Å². The number of rotatable bonds is 7. The minimum absolute atomic E-state index is 0.0533. The first-order valence-corrected chi connectivity index (χ1v) is 11.3. The van der Waals surface area contributed by atoms with Gasteiger partial charge in [0.1, 0.15) is 6.67 Å². The third kappa shape index (κ3) is 5.59. The van der Waals surface area contributed by atoms with Crippen molar-refractivity contribution < 1.29 is 13.5 Å². The third-order valence-electron chi connectivity index (χ3n) is 5.40. The zero-order chi connectivity index (χ0) is 24.6. The second-order valence-electron chi connectivity index (χ2n) is 7.79. The van der Waals surface area contributed by atoms with Crippen molar-refractivity contribution in [3.05, 3.63) is 67.0 Å². The number of ether oxygens (including phenoxy) is 1. The summed E-state index contributed by atoms with van der Waals surface area (Å²) in [4.78, 5) is 34.2. The molecular weight excluding hydrogens is 465 g/mol.